The molecule has 3 aromatic carbocycles. The topological polar surface area (TPSA) is 138 Å². The van der Waals surface area contributed by atoms with Crippen molar-refractivity contribution in [3.05, 3.63) is 119 Å². The van der Waals surface area contributed by atoms with E-state index in [2.05, 4.69) is 27.5 Å². The Morgan fingerprint density at radius 1 is 1.06 bits per heavy atom. The van der Waals surface area contributed by atoms with E-state index in [0.29, 0.717) is 35.1 Å². The van der Waals surface area contributed by atoms with Gasteiger partial charge in [0.1, 0.15) is 11.9 Å². The van der Waals surface area contributed by atoms with Crippen LogP contribution in [0, 0.1) is 5.82 Å². The number of hydrogen-bond donors (Lipinski definition) is 3. The summed E-state index contributed by atoms with van der Waals surface area (Å²) in [6.07, 6.45) is 2.67. The summed E-state index contributed by atoms with van der Waals surface area (Å²) < 4.78 is 54.7. The molecule has 1 aliphatic rings. The number of aliphatic imine (C=N–C) groups is 1. The normalized spacial score (nSPS) is 18.1. The van der Waals surface area contributed by atoms with Crippen LogP contribution in [0.5, 0.6) is 0 Å². The van der Waals surface area contributed by atoms with Crippen LogP contribution < -0.4 is 16.0 Å². The van der Waals surface area contributed by atoms with Crippen molar-refractivity contribution >= 4 is 45.2 Å². The molecular weight excluding hydrogens is 697 g/mol. The number of methoxy groups -OCH3 is 2. The lowest BCUT2D eigenvalue weighted by Gasteiger charge is -2.40. The van der Waals surface area contributed by atoms with Gasteiger partial charge in [0.25, 0.3) is 0 Å². The minimum Gasteiger partial charge on any atom is -0.481 e. The fraction of sp³-hybridized carbons (Fsp3) is 0.324. The van der Waals surface area contributed by atoms with Crippen molar-refractivity contribution in [3.63, 3.8) is 0 Å². The monoisotopic (exact) mass is 739 g/mol. The molecule has 0 bridgehead atoms. The molecule has 4 rings (SSSR count). The third-order valence-corrected chi connectivity index (χ3v) is 10.9. The molecule has 3 N–H and O–H groups in total. The van der Waals surface area contributed by atoms with Crippen LogP contribution >= 0.6 is 11.6 Å². The van der Waals surface area contributed by atoms with Crippen LogP contribution in [-0.2, 0) is 30.7 Å². The third-order valence-electron chi connectivity index (χ3n) is 8.61. The molecular formula is C37H43ClFN5O6S. The summed E-state index contributed by atoms with van der Waals surface area (Å²) in [7, 11) is 0.339. The van der Waals surface area contributed by atoms with E-state index in [-0.39, 0.29) is 35.0 Å². The maximum absolute atomic E-state index is 15.6. The van der Waals surface area contributed by atoms with Gasteiger partial charge >= 0.3 is 6.09 Å². The van der Waals surface area contributed by atoms with Crippen molar-refractivity contribution in [3.8, 4) is 0 Å². The maximum atomic E-state index is 15.6. The van der Waals surface area contributed by atoms with Gasteiger partial charge in [0.2, 0.25) is 21.8 Å². The van der Waals surface area contributed by atoms with Gasteiger partial charge in [-0.25, -0.2) is 17.6 Å². The number of alkyl carbamates (subject to hydrolysis) is 1. The number of benzene rings is 3. The molecule has 1 heterocycles. The number of sulfonamides is 1. The average molecular weight is 740 g/mol. The summed E-state index contributed by atoms with van der Waals surface area (Å²) in [6, 6.07) is 17.1. The second-order valence-electron chi connectivity index (χ2n) is 11.9. The molecule has 14 heteroatoms. The van der Waals surface area contributed by atoms with Gasteiger partial charge in [-0.3, -0.25) is 9.79 Å². The molecule has 4 atom stereocenters. The van der Waals surface area contributed by atoms with E-state index < -0.39 is 45.8 Å². The predicted octanol–water partition coefficient (Wildman–Crippen LogP) is 5.70. The number of hydrogen-bond acceptors (Lipinski definition) is 8. The Morgan fingerprint density at radius 2 is 1.76 bits per heavy atom. The van der Waals surface area contributed by atoms with Gasteiger partial charge < -0.3 is 25.4 Å². The van der Waals surface area contributed by atoms with Crippen LogP contribution in [0.4, 0.5) is 14.9 Å². The first-order chi connectivity index (χ1) is 24.4. The van der Waals surface area contributed by atoms with E-state index in [9.17, 15) is 18.0 Å². The lowest BCUT2D eigenvalue weighted by Crippen LogP contribution is -2.58. The molecule has 0 unspecified atom stereocenters. The number of rotatable bonds is 13. The molecule has 0 spiro atoms. The first-order valence-corrected chi connectivity index (χ1v) is 18.1. The highest BCUT2D eigenvalue weighted by atomic mass is 35.5. The zero-order chi connectivity index (χ0) is 37.1. The molecule has 0 aromatic heterocycles. The minimum absolute atomic E-state index is 0.101. The molecule has 3 aromatic rings. The molecule has 272 valence electrons. The predicted molar refractivity (Wildman–Crippen MR) is 197 cm³/mol. The van der Waals surface area contributed by atoms with Crippen molar-refractivity contribution in [2.75, 3.05) is 39.7 Å². The molecule has 1 fully saturated rings. The highest BCUT2D eigenvalue weighted by Crippen LogP contribution is 2.32. The number of allylic oxidation sites excluding steroid dienone is 1. The molecule has 11 nitrogen and oxygen atoms in total. The number of anilines is 1. The summed E-state index contributed by atoms with van der Waals surface area (Å²) in [5.41, 5.74) is 1.35. The number of ether oxygens (including phenoxy) is 2. The quantitative estimate of drug-likeness (QED) is 0.116. The van der Waals surface area contributed by atoms with E-state index in [1.165, 1.54) is 30.7 Å². The van der Waals surface area contributed by atoms with E-state index >= 15 is 4.39 Å². The van der Waals surface area contributed by atoms with Crippen LogP contribution in [0.15, 0.2) is 107 Å². The fourth-order valence-corrected chi connectivity index (χ4v) is 8.11. The number of carbonyl (C=O) groups excluding carboxylic acids is 2. The Morgan fingerprint density at radius 3 is 2.41 bits per heavy atom. The van der Waals surface area contributed by atoms with Crippen molar-refractivity contribution in [2.24, 2.45) is 4.99 Å². The summed E-state index contributed by atoms with van der Waals surface area (Å²) in [5, 5.41) is 9.17. The Balaban J connectivity index is 1.66. The molecule has 0 radical (unpaired) electrons. The van der Waals surface area contributed by atoms with Crippen LogP contribution in [0.1, 0.15) is 30.4 Å². The van der Waals surface area contributed by atoms with Crippen molar-refractivity contribution in [2.45, 2.75) is 48.7 Å². The Bertz CT molecular complexity index is 1860. The number of carbonyl (C=O) groups is 2. The SMILES string of the molecule is C=C(/C=C\C(=N/C)OC)[C@H](c1ccc(Cl)cc1)[C@H](NC(=O)OC)C(=O)Nc1cccc(F)c1CC[C@H]1CNC[C@@H](C)N1S(=O)(=O)c1ccccc1. The first kappa shape index (κ1) is 39.2. The average Bonchev–Trinajstić information content (AvgIpc) is 3.12. The molecule has 51 heavy (non-hydrogen) atoms. The summed E-state index contributed by atoms with van der Waals surface area (Å²) in [5.74, 6) is -1.81. The van der Waals surface area contributed by atoms with Gasteiger partial charge in [-0.1, -0.05) is 60.7 Å². The highest BCUT2D eigenvalue weighted by Gasteiger charge is 2.38. The second-order valence-corrected chi connectivity index (χ2v) is 14.2. The first-order valence-electron chi connectivity index (χ1n) is 16.3. The standard InChI is InChI=1S/C37H43ClFN5O6S/c1-24(14-21-33(40-3)49-4)34(26-15-17-27(38)18-16-26)35(43-37(46)50-5)36(45)42-32-13-9-12-31(39)30(32)20-19-28-23-41-22-25(2)44(28)51(47,48)29-10-7-6-8-11-29/h6-18,21,25,28,34-35,41H,1,19-20,22-23H2,2-5H3,(H,42,45)(H,43,46)/b21-14-,40-33+/t25-,28+,34-,35+/m1/s1. The van der Waals surface area contributed by atoms with E-state index in [4.69, 9.17) is 21.1 Å². The van der Waals surface area contributed by atoms with Gasteiger partial charge in [-0.15, -0.1) is 0 Å². The molecule has 0 saturated carbocycles. The van der Waals surface area contributed by atoms with E-state index in [1.807, 2.05) is 6.92 Å². The van der Waals surface area contributed by atoms with Crippen LogP contribution in [0.25, 0.3) is 0 Å². The van der Waals surface area contributed by atoms with Crippen molar-refractivity contribution < 1.29 is 31.9 Å². The third kappa shape index (κ3) is 9.82. The Kier molecular flexibility index (Phi) is 13.9. The van der Waals surface area contributed by atoms with Gasteiger partial charge in [0.15, 0.2) is 0 Å². The Labute approximate surface area is 303 Å². The number of piperazine rings is 1. The molecule has 0 aliphatic carbocycles. The van der Waals surface area contributed by atoms with E-state index in [0.717, 1.165) is 0 Å². The van der Waals surface area contributed by atoms with Crippen molar-refractivity contribution in [1.82, 2.24) is 14.9 Å². The van der Waals surface area contributed by atoms with Crippen LogP contribution in [0.2, 0.25) is 5.02 Å². The summed E-state index contributed by atoms with van der Waals surface area (Å²) >= 11 is 6.17. The maximum Gasteiger partial charge on any atom is 0.407 e. The minimum atomic E-state index is -3.85. The lowest BCUT2D eigenvalue weighted by atomic mass is 9.84. The van der Waals surface area contributed by atoms with Gasteiger partial charge in [-0.2, -0.15) is 4.31 Å². The number of nitrogens with zero attached hydrogens (tertiary/aromatic N) is 2. The molecule has 2 amide bonds. The van der Waals surface area contributed by atoms with Crippen LogP contribution in [-0.4, -0.2) is 83.1 Å². The number of halogens is 2. The molecule has 1 saturated heterocycles. The van der Waals surface area contributed by atoms with Gasteiger partial charge in [-0.05, 0) is 67.3 Å². The smallest absolute Gasteiger partial charge is 0.407 e. The fourth-order valence-electron chi connectivity index (χ4n) is 6.12. The number of nitrogens with one attached hydrogen (secondary N) is 3. The second kappa shape index (κ2) is 18.1. The van der Waals surface area contributed by atoms with Crippen molar-refractivity contribution in [1.29, 1.82) is 0 Å². The lowest BCUT2D eigenvalue weighted by molar-refractivity contribution is -0.118. The van der Waals surface area contributed by atoms with Gasteiger partial charge in [0, 0.05) is 60.5 Å². The molecule has 1 aliphatic heterocycles. The zero-order valence-corrected chi connectivity index (χ0v) is 30.5. The van der Waals surface area contributed by atoms with Gasteiger partial charge in [0.05, 0.1) is 19.1 Å². The summed E-state index contributed by atoms with van der Waals surface area (Å²) in [4.78, 5) is 31.1. The highest BCUT2D eigenvalue weighted by molar-refractivity contribution is 7.89. The number of amides is 2. The zero-order valence-electron chi connectivity index (χ0n) is 28.9. The Hall–Kier alpha value is -4.56. The van der Waals surface area contributed by atoms with E-state index in [1.54, 1.807) is 79.9 Å². The largest absolute Gasteiger partial charge is 0.481 e. The summed E-state index contributed by atoms with van der Waals surface area (Å²) in [6.45, 7) is 6.84. The van der Waals surface area contributed by atoms with Crippen LogP contribution in [0.3, 0.4) is 0 Å².